The zero-order valence-corrected chi connectivity index (χ0v) is 13.3. The highest BCUT2D eigenvalue weighted by molar-refractivity contribution is 5.85. The van der Waals surface area contributed by atoms with Crippen molar-refractivity contribution < 1.29 is 4.79 Å². The molecule has 1 saturated heterocycles. The Kier molecular flexibility index (Phi) is 8.81. The van der Waals surface area contributed by atoms with E-state index in [1.54, 1.807) is 6.92 Å². The number of hydrogen-bond acceptors (Lipinski definition) is 3. The predicted molar refractivity (Wildman–Crippen MR) is 86.4 cm³/mol. The molecule has 0 unspecified atom stereocenters. The summed E-state index contributed by atoms with van der Waals surface area (Å²) < 4.78 is 0. The first-order valence-electron chi connectivity index (χ1n) is 6.47. The lowest BCUT2D eigenvalue weighted by molar-refractivity contribution is -0.134. The average molecular weight is 320 g/mol. The number of hydrogen-bond donors (Lipinski definition) is 1. The number of piperazine rings is 1. The van der Waals surface area contributed by atoms with Gasteiger partial charge in [0.15, 0.2) is 0 Å². The molecular weight excluding hydrogens is 297 g/mol. The van der Waals surface area contributed by atoms with Gasteiger partial charge in [-0.1, -0.05) is 30.3 Å². The molecule has 1 fully saturated rings. The summed E-state index contributed by atoms with van der Waals surface area (Å²) in [5.74, 6) is 0.0642. The monoisotopic (exact) mass is 319 g/mol. The average Bonchev–Trinajstić information content (AvgIpc) is 2.40. The minimum Gasteiger partial charge on any atom is -0.339 e. The van der Waals surface area contributed by atoms with Gasteiger partial charge in [-0.3, -0.25) is 9.69 Å². The second-order valence-corrected chi connectivity index (χ2v) is 4.88. The Balaban J connectivity index is 0.00000180. The van der Waals surface area contributed by atoms with Crippen LogP contribution in [-0.2, 0) is 11.3 Å². The van der Waals surface area contributed by atoms with Crippen molar-refractivity contribution >= 4 is 30.7 Å². The molecule has 2 N–H and O–H groups in total. The fourth-order valence-electron chi connectivity index (χ4n) is 2.26. The minimum absolute atomic E-state index is 0. The number of carbonyl (C=O) groups is 1. The van der Waals surface area contributed by atoms with Crippen molar-refractivity contribution in [3.63, 3.8) is 0 Å². The maximum atomic E-state index is 11.7. The van der Waals surface area contributed by atoms with Gasteiger partial charge in [0, 0.05) is 32.7 Å². The van der Waals surface area contributed by atoms with Crippen molar-refractivity contribution in [1.82, 2.24) is 9.80 Å². The van der Waals surface area contributed by atoms with E-state index in [-0.39, 0.29) is 36.8 Å². The minimum atomic E-state index is -0.384. The maximum absolute atomic E-state index is 11.7. The molecule has 0 radical (unpaired) electrons. The van der Waals surface area contributed by atoms with Crippen LogP contribution in [0.3, 0.4) is 0 Å². The number of rotatable bonds is 3. The van der Waals surface area contributed by atoms with Crippen LogP contribution in [0.4, 0.5) is 0 Å². The van der Waals surface area contributed by atoms with Crippen LogP contribution in [0.5, 0.6) is 0 Å². The van der Waals surface area contributed by atoms with Crippen LogP contribution >= 0.6 is 24.8 Å². The van der Waals surface area contributed by atoms with Gasteiger partial charge in [0.25, 0.3) is 0 Å². The molecule has 2 rings (SSSR count). The highest BCUT2D eigenvalue weighted by Gasteiger charge is 2.22. The van der Waals surface area contributed by atoms with Gasteiger partial charge in [-0.2, -0.15) is 0 Å². The molecule has 0 aliphatic carbocycles. The first kappa shape index (κ1) is 19.2. The molecule has 4 nitrogen and oxygen atoms in total. The summed E-state index contributed by atoms with van der Waals surface area (Å²) in [4.78, 5) is 16.0. The van der Waals surface area contributed by atoms with Crippen molar-refractivity contribution in [1.29, 1.82) is 0 Å². The third-order valence-electron chi connectivity index (χ3n) is 3.32. The zero-order chi connectivity index (χ0) is 13.0. The second-order valence-electron chi connectivity index (χ2n) is 4.88. The van der Waals surface area contributed by atoms with Crippen LogP contribution < -0.4 is 5.73 Å². The normalized spacial score (nSPS) is 16.8. The van der Waals surface area contributed by atoms with Crippen LogP contribution in [0, 0.1) is 0 Å². The Bertz CT molecular complexity index is 393. The van der Waals surface area contributed by atoms with E-state index in [0.717, 1.165) is 32.7 Å². The summed E-state index contributed by atoms with van der Waals surface area (Å²) in [6.45, 7) is 6.13. The molecule has 1 amide bonds. The van der Waals surface area contributed by atoms with Gasteiger partial charge >= 0.3 is 0 Å². The lowest BCUT2D eigenvalue weighted by atomic mass is 10.2. The van der Waals surface area contributed by atoms with Crippen molar-refractivity contribution in [2.45, 2.75) is 19.5 Å². The summed E-state index contributed by atoms with van der Waals surface area (Å²) >= 11 is 0. The van der Waals surface area contributed by atoms with Gasteiger partial charge in [-0.25, -0.2) is 0 Å². The molecule has 1 heterocycles. The Labute approximate surface area is 133 Å². The summed E-state index contributed by atoms with van der Waals surface area (Å²) in [7, 11) is 0. The number of amides is 1. The molecular formula is C14H23Cl2N3O. The highest BCUT2D eigenvalue weighted by atomic mass is 35.5. The van der Waals surface area contributed by atoms with Gasteiger partial charge in [-0.05, 0) is 12.5 Å². The predicted octanol–water partition coefficient (Wildman–Crippen LogP) is 1.52. The lowest BCUT2D eigenvalue weighted by Gasteiger charge is -2.35. The molecule has 0 bridgehead atoms. The first-order chi connectivity index (χ1) is 8.66. The molecule has 6 heteroatoms. The molecule has 20 heavy (non-hydrogen) atoms. The maximum Gasteiger partial charge on any atom is 0.239 e. The summed E-state index contributed by atoms with van der Waals surface area (Å²) in [5.41, 5.74) is 6.94. The molecule has 0 spiro atoms. The van der Waals surface area contributed by atoms with Gasteiger partial charge < -0.3 is 10.6 Å². The highest BCUT2D eigenvalue weighted by Crippen LogP contribution is 2.08. The third kappa shape index (κ3) is 5.29. The molecule has 1 atom stereocenters. The van der Waals surface area contributed by atoms with Gasteiger partial charge in [-0.15, -0.1) is 24.8 Å². The topological polar surface area (TPSA) is 49.6 Å². The van der Waals surface area contributed by atoms with Crippen LogP contribution in [0.25, 0.3) is 0 Å². The van der Waals surface area contributed by atoms with E-state index < -0.39 is 0 Å². The molecule has 1 aromatic carbocycles. The Morgan fingerprint density at radius 3 is 2.20 bits per heavy atom. The van der Waals surface area contributed by atoms with E-state index in [4.69, 9.17) is 5.73 Å². The number of carbonyl (C=O) groups excluding carboxylic acids is 1. The van der Waals surface area contributed by atoms with Gasteiger partial charge in [0.1, 0.15) is 0 Å². The van der Waals surface area contributed by atoms with E-state index in [0.29, 0.717) is 0 Å². The Morgan fingerprint density at radius 2 is 1.70 bits per heavy atom. The number of nitrogens with two attached hydrogens (primary N) is 1. The van der Waals surface area contributed by atoms with E-state index in [9.17, 15) is 4.79 Å². The fourth-order valence-corrected chi connectivity index (χ4v) is 2.26. The van der Waals surface area contributed by atoms with Crippen LogP contribution in [0.1, 0.15) is 12.5 Å². The van der Waals surface area contributed by atoms with Crippen LogP contribution in [0.2, 0.25) is 0 Å². The van der Waals surface area contributed by atoms with Crippen LogP contribution in [-0.4, -0.2) is 47.9 Å². The Morgan fingerprint density at radius 1 is 1.15 bits per heavy atom. The molecule has 0 aromatic heterocycles. The smallest absolute Gasteiger partial charge is 0.239 e. The SMILES string of the molecule is C[C@H](N)C(=O)N1CCN(Cc2ccccc2)CC1.Cl.Cl. The fraction of sp³-hybridized carbons (Fsp3) is 0.500. The van der Waals surface area contributed by atoms with Crippen molar-refractivity contribution in [2.75, 3.05) is 26.2 Å². The Hall–Kier alpha value is -0.810. The summed E-state index contributed by atoms with van der Waals surface area (Å²) in [6.07, 6.45) is 0. The summed E-state index contributed by atoms with van der Waals surface area (Å²) in [5, 5.41) is 0. The first-order valence-corrected chi connectivity index (χ1v) is 6.47. The third-order valence-corrected chi connectivity index (χ3v) is 3.32. The van der Waals surface area contributed by atoms with Crippen LogP contribution in [0.15, 0.2) is 30.3 Å². The quantitative estimate of drug-likeness (QED) is 0.919. The zero-order valence-electron chi connectivity index (χ0n) is 11.7. The van der Waals surface area contributed by atoms with Gasteiger partial charge in [0.05, 0.1) is 6.04 Å². The molecule has 1 aliphatic rings. The standard InChI is InChI=1S/C14H21N3O.2ClH/c1-12(15)14(18)17-9-7-16(8-10-17)11-13-5-3-2-4-6-13;;/h2-6,12H,7-11,15H2,1H3;2*1H/t12-;;/m0../s1. The molecule has 1 aromatic rings. The van der Waals surface area contributed by atoms with E-state index in [1.165, 1.54) is 5.56 Å². The number of benzene rings is 1. The molecule has 0 saturated carbocycles. The largest absolute Gasteiger partial charge is 0.339 e. The van der Waals surface area contributed by atoms with Crippen molar-refractivity contribution in [3.8, 4) is 0 Å². The van der Waals surface area contributed by atoms with E-state index in [1.807, 2.05) is 11.0 Å². The van der Waals surface area contributed by atoms with E-state index in [2.05, 4.69) is 29.2 Å². The van der Waals surface area contributed by atoms with Gasteiger partial charge in [0.2, 0.25) is 5.91 Å². The molecule has 1 aliphatic heterocycles. The van der Waals surface area contributed by atoms with Crippen molar-refractivity contribution in [2.24, 2.45) is 5.73 Å². The summed E-state index contributed by atoms with van der Waals surface area (Å²) in [6, 6.07) is 10.0. The second kappa shape index (κ2) is 9.19. The lowest BCUT2D eigenvalue weighted by Crippen LogP contribution is -2.52. The number of halogens is 2. The molecule has 114 valence electrons. The van der Waals surface area contributed by atoms with Crippen molar-refractivity contribution in [3.05, 3.63) is 35.9 Å². The number of nitrogens with zero attached hydrogens (tertiary/aromatic N) is 2. The van der Waals surface area contributed by atoms with E-state index >= 15 is 0 Å².